The summed E-state index contributed by atoms with van der Waals surface area (Å²) in [5.74, 6) is 1.43. The molecule has 0 spiro atoms. The molecule has 7 heteroatoms. The average molecular weight is 418 g/mol. The van der Waals surface area contributed by atoms with Crippen LogP contribution in [0.25, 0.3) is 22.0 Å². The van der Waals surface area contributed by atoms with Crippen molar-refractivity contribution >= 4 is 10.9 Å². The van der Waals surface area contributed by atoms with Crippen LogP contribution >= 0.6 is 0 Å². The minimum Gasteiger partial charge on any atom is -0.492 e. The molecule has 3 aromatic heterocycles. The van der Waals surface area contributed by atoms with Gasteiger partial charge in [0.15, 0.2) is 0 Å². The molecule has 1 aromatic carbocycles. The topological polar surface area (TPSA) is 73.4 Å². The Morgan fingerprint density at radius 3 is 2.65 bits per heavy atom. The molecule has 160 valence electrons. The number of fused-ring (bicyclic) bond motifs is 1. The van der Waals surface area contributed by atoms with Crippen LogP contribution in [0, 0.1) is 13.8 Å². The van der Waals surface area contributed by atoms with Crippen molar-refractivity contribution in [3.63, 3.8) is 0 Å². The fourth-order valence-electron chi connectivity index (χ4n) is 3.66. The van der Waals surface area contributed by atoms with Crippen molar-refractivity contribution in [3.05, 3.63) is 76.2 Å². The molecule has 0 saturated heterocycles. The zero-order chi connectivity index (χ0) is 22.0. The summed E-state index contributed by atoms with van der Waals surface area (Å²) in [5, 5.41) is 5.04. The number of rotatable bonds is 7. The smallest absolute Gasteiger partial charge is 0.251 e. The predicted octanol–water partition coefficient (Wildman–Crippen LogP) is 3.66. The molecule has 0 amide bonds. The first kappa shape index (κ1) is 20.8. The third kappa shape index (κ3) is 4.36. The van der Waals surface area contributed by atoms with Crippen molar-refractivity contribution in [2.24, 2.45) is 0 Å². The Kier molecular flexibility index (Phi) is 5.86. The quantitative estimate of drug-likeness (QED) is 0.456. The highest BCUT2D eigenvalue weighted by Crippen LogP contribution is 2.37. The lowest BCUT2D eigenvalue weighted by Crippen LogP contribution is -2.21. The second kappa shape index (κ2) is 8.73. The van der Waals surface area contributed by atoms with E-state index in [0.717, 1.165) is 45.7 Å². The van der Waals surface area contributed by atoms with Gasteiger partial charge in [0.1, 0.15) is 18.1 Å². The maximum Gasteiger partial charge on any atom is 0.251 e. The fraction of sp³-hybridized carbons (Fsp3) is 0.292. The van der Waals surface area contributed by atoms with Crippen molar-refractivity contribution in [3.8, 4) is 16.9 Å². The van der Waals surface area contributed by atoms with Crippen LogP contribution in [-0.2, 0) is 6.54 Å². The van der Waals surface area contributed by atoms with E-state index in [1.54, 1.807) is 16.8 Å². The Morgan fingerprint density at radius 1 is 1.13 bits per heavy atom. The molecule has 0 fully saturated rings. The van der Waals surface area contributed by atoms with Crippen LogP contribution < -0.4 is 10.3 Å². The first-order valence-corrected chi connectivity index (χ1v) is 10.2. The summed E-state index contributed by atoms with van der Waals surface area (Å²) in [6, 6.07) is 13.1. The highest BCUT2D eigenvalue weighted by molar-refractivity contribution is 5.89. The van der Waals surface area contributed by atoms with E-state index in [0.29, 0.717) is 18.9 Å². The van der Waals surface area contributed by atoms with E-state index in [1.165, 1.54) is 0 Å². The molecule has 0 saturated carbocycles. The third-order valence-electron chi connectivity index (χ3n) is 5.24. The summed E-state index contributed by atoms with van der Waals surface area (Å²) in [6.45, 7) is 5.49. The summed E-state index contributed by atoms with van der Waals surface area (Å²) in [5.41, 5.74) is 4.17. The van der Waals surface area contributed by atoms with Crippen LogP contribution in [0.1, 0.15) is 17.1 Å². The molecule has 0 N–H and O–H groups in total. The van der Waals surface area contributed by atoms with E-state index in [1.807, 2.05) is 64.3 Å². The van der Waals surface area contributed by atoms with Gasteiger partial charge in [0.25, 0.3) is 5.56 Å². The van der Waals surface area contributed by atoms with Gasteiger partial charge in [0.2, 0.25) is 0 Å². The number of likely N-dealkylation sites (N-methyl/N-ethyl adjacent to an activating group) is 1. The van der Waals surface area contributed by atoms with E-state index < -0.39 is 0 Å². The Balaban J connectivity index is 1.88. The largest absolute Gasteiger partial charge is 0.492 e. The van der Waals surface area contributed by atoms with Crippen LogP contribution in [0.5, 0.6) is 5.75 Å². The molecule has 0 bridgehead atoms. The van der Waals surface area contributed by atoms with Crippen molar-refractivity contribution in [2.75, 3.05) is 27.2 Å². The van der Waals surface area contributed by atoms with Gasteiger partial charge in [-0.1, -0.05) is 11.2 Å². The van der Waals surface area contributed by atoms with Gasteiger partial charge < -0.3 is 18.7 Å². The second-order valence-electron chi connectivity index (χ2n) is 7.84. The normalized spacial score (nSPS) is 11.4. The van der Waals surface area contributed by atoms with Crippen molar-refractivity contribution < 1.29 is 9.26 Å². The molecule has 4 aromatic rings. The summed E-state index contributed by atoms with van der Waals surface area (Å²) >= 11 is 0. The highest BCUT2D eigenvalue weighted by atomic mass is 16.5. The first-order chi connectivity index (χ1) is 14.9. The average Bonchev–Trinajstić information content (AvgIpc) is 3.08. The second-order valence-corrected chi connectivity index (χ2v) is 7.84. The number of aryl methyl sites for hydroxylation is 2. The van der Waals surface area contributed by atoms with Gasteiger partial charge >= 0.3 is 0 Å². The molecule has 0 unspecified atom stereocenters. The van der Waals surface area contributed by atoms with E-state index in [9.17, 15) is 4.79 Å². The van der Waals surface area contributed by atoms with Gasteiger partial charge in [-0.3, -0.25) is 9.78 Å². The maximum atomic E-state index is 12.7. The lowest BCUT2D eigenvalue weighted by Gasteiger charge is -2.17. The molecule has 0 aliphatic rings. The first-order valence-electron chi connectivity index (χ1n) is 10.2. The lowest BCUT2D eigenvalue weighted by molar-refractivity contribution is 0.262. The van der Waals surface area contributed by atoms with Gasteiger partial charge in [-0.05, 0) is 57.6 Å². The standard InChI is InChI=1S/C24H26N4O3/c1-16-24(17(2)31-26-16)20-13-18-8-9-23(29)28(15-19-7-5-6-10-25-19)21(18)14-22(20)30-12-11-27(3)4/h5-10,13-14H,11-12,15H2,1-4H3. The van der Waals surface area contributed by atoms with Crippen LogP contribution in [0.15, 0.2) is 58.0 Å². The molecule has 0 radical (unpaired) electrons. The summed E-state index contributed by atoms with van der Waals surface area (Å²) in [4.78, 5) is 19.2. The van der Waals surface area contributed by atoms with Gasteiger partial charge in [-0.25, -0.2) is 0 Å². The lowest BCUT2D eigenvalue weighted by atomic mass is 10.0. The maximum absolute atomic E-state index is 12.7. The van der Waals surface area contributed by atoms with E-state index in [-0.39, 0.29) is 5.56 Å². The predicted molar refractivity (Wildman–Crippen MR) is 121 cm³/mol. The SMILES string of the molecule is Cc1noc(C)c1-c1cc2ccc(=O)n(Cc3ccccn3)c2cc1OCCN(C)C. The molecule has 31 heavy (non-hydrogen) atoms. The van der Waals surface area contributed by atoms with Gasteiger partial charge in [-0.15, -0.1) is 0 Å². The van der Waals surface area contributed by atoms with Gasteiger partial charge in [0.05, 0.1) is 29.0 Å². The zero-order valence-electron chi connectivity index (χ0n) is 18.3. The third-order valence-corrected chi connectivity index (χ3v) is 5.24. The van der Waals surface area contributed by atoms with Crippen LogP contribution in [0.2, 0.25) is 0 Å². The summed E-state index contributed by atoms with van der Waals surface area (Å²) in [7, 11) is 4.01. The highest BCUT2D eigenvalue weighted by Gasteiger charge is 2.19. The van der Waals surface area contributed by atoms with Crippen molar-refractivity contribution in [2.45, 2.75) is 20.4 Å². The van der Waals surface area contributed by atoms with Gasteiger partial charge in [0, 0.05) is 30.4 Å². The number of hydrogen-bond donors (Lipinski definition) is 0. The summed E-state index contributed by atoms with van der Waals surface area (Å²) in [6.07, 6.45) is 1.73. The van der Waals surface area contributed by atoms with E-state index >= 15 is 0 Å². The van der Waals surface area contributed by atoms with Crippen molar-refractivity contribution in [1.29, 1.82) is 0 Å². The molecule has 0 aliphatic heterocycles. The van der Waals surface area contributed by atoms with E-state index in [4.69, 9.17) is 9.26 Å². The van der Waals surface area contributed by atoms with E-state index in [2.05, 4.69) is 15.0 Å². The van der Waals surface area contributed by atoms with Gasteiger partial charge in [-0.2, -0.15) is 0 Å². The summed E-state index contributed by atoms with van der Waals surface area (Å²) < 4.78 is 13.3. The minimum atomic E-state index is -0.0810. The molecule has 0 atom stereocenters. The number of nitrogens with zero attached hydrogens (tertiary/aromatic N) is 4. The number of pyridine rings is 2. The number of benzene rings is 1. The van der Waals surface area contributed by atoms with Crippen LogP contribution in [0.3, 0.4) is 0 Å². The Labute approximate surface area is 180 Å². The molecular weight excluding hydrogens is 392 g/mol. The monoisotopic (exact) mass is 418 g/mol. The molecule has 7 nitrogen and oxygen atoms in total. The Bertz CT molecular complexity index is 1240. The molecule has 0 aliphatic carbocycles. The zero-order valence-corrected chi connectivity index (χ0v) is 18.3. The number of hydrogen-bond acceptors (Lipinski definition) is 6. The molecule has 3 heterocycles. The van der Waals surface area contributed by atoms with Crippen molar-refractivity contribution in [1.82, 2.24) is 19.6 Å². The fourth-order valence-corrected chi connectivity index (χ4v) is 3.66. The number of ether oxygens (including phenoxy) is 1. The minimum absolute atomic E-state index is 0.0810. The Hall–Kier alpha value is -3.45. The Morgan fingerprint density at radius 2 is 1.97 bits per heavy atom. The van der Waals surface area contributed by atoms with Crippen LogP contribution in [-0.4, -0.2) is 46.9 Å². The molecule has 4 rings (SSSR count). The number of aromatic nitrogens is 3. The van der Waals surface area contributed by atoms with Crippen LogP contribution in [0.4, 0.5) is 0 Å². The molecular formula is C24H26N4O3.